The van der Waals surface area contributed by atoms with Gasteiger partial charge in [-0.1, -0.05) is 58.0 Å². The lowest BCUT2D eigenvalue weighted by Crippen LogP contribution is -2.58. The Morgan fingerprint density at radius 1 is 0.846 bits per heavy atom. The van der Waals surface area contributed by atoms with Crippen molar-refractivity contribution in [2.24, 2.45) is 11.8 Å². The number of carbonyl (C=O) groups is 4. The van der Waals surface area contributed by atoms with Crippen molar-refractivity contribution in [2.45, 2.75) is 60.1 Å². The monoisotopic (exact) mass is 536 g/mol. The molecular weight excluding hydrogens is 496 g/mol. The summed E-state index contributed by atoms with van der Waals surface area (Å²) in [5.41, 5.74) is 0.924. The molecule has 0 saturated heterocycles. The van der Waals surface area contributed by atoms with Gasteiger partial charge < -0.3 is 19.9 Å². The van der Waals surface area contributed by atoms with Crippen LogP contribution in [-0.2, 0) is 19.1 Å². The van der Waals surface area contributed by atoms with Gasteiger partial charge in [-0.25, -0.2) is 4.79 Å². The van der Waals surface area contributed by atoms with Gasteiger partial charge in [0.15, 0.2) is 6.04 Å². The maximum absolute atomic E-state index is 13.9. The molecule has 210 valence electrons. The van der Waals surface area contributed by atoms with Crippen molar-refractivity contribution >= 4 is 40.9 Å². The lowest BCUT2D eigenvalue weighted by atomic mass is 10.1. The second-order valence-electron chi connectivity index (χ2n) is 11.6. The van der Waals surface area contributed by atoms with Crippen LogP contribution in [0.4, 0.5) is 21.9 Å². The van der Waals surface area contributed by atoms with Crippen LogP contribution in [0.5, 0.6) is 0 Å². The summed E-state index contributed by atoms with van der Waals surface area (Å²) in [6.07, 6.45) is -0.711. The SMILES string of the molecule is CC(C)CN1C(=O)C(NC(=O)CN(C(=O)OC(C)(C)C)c2ccccc2)C(=O)N(CC(C)C)c2ccccc21. The third-order valence-electron chi connectivity index (χ3n) is 5.87. The zero-order valence-electron chi connectivity index (χ0n) is 23.9. The molecule has 0 radical (unpaired) electrons. The van der Waals surface area contributed by atoms with Crippen molar-refractivity contribution in [3.63, 3.8) is 0 Å². The van der Waals surface area contributed by atoms with Crippen LogP contribution in [0.1, 0.15) is 48.5 Å². The highest BCUT2D eigenvalue weighted by Crippen LogP contribution is 2.34. The number of hydrogen-bond donors (Lipinski definition) is 1. The van der Waals surface area contributed by atoms with E-state index in [2.05, 4.69) is 5.32 Å². The number of nitrogens with one attached hydrogen (secondary N) is 1. The number of rotatable bonds is 8. The summed E-state index contributed by atoms with van der Waals surface area (Å²) in [5.74, 6) is -1.44. The molecule has 0 atom stereocenters. The number of ether oxygens (including phenoxy) is 1. The zero-order chi connectivity index (χ0) is 28.9. The molecule has 2 aromatic rings. The van der Waals surface area contributed by atoms with E-state index in [0.717, 1.165) is 0 Å². The fourth-order valence-corrected chi connectivity index (χ4v) is 4.34. The van der Waals surface area contributed by atoms with Crippen LogP contribution in [0.15, 0.2) is 54.6 Å². The zero-order valence-corrected chi connectivity index (χ0v) is 23.9. The third kappa shape index (κ3) is 7.59. The lowest BCUT2D eigenvalue weighted by Gasteiger charge is -2.29. The number of hydrogen-bond acceptors (Lipinski definition) is 5. The number of anilines is 3. The van der Waals surface area contributed by atoms with E-state index in [0.29, 0.717) is 30.2 Å². The second-order valence-corrected chi connectivity index (χ2v) is 11.6. The summed E-state index contributed by atoms with van der Waals surface area (Å²) < 4.78 is 5.53. The summed E-state index contributed by atoms with van der Waals surface area (Å²) in [7, 11) is 0. The molecule has 0 unspecified atom stereocenters. The quantitative estimate of drug-likeness (QED) is 0.497. The van der Waals surface area contributed by atoms with Crippen LogP contribution in [0.3, 0.4) is 0 Å². The molecule has 3 rings (SSSR count). The van der Waals surface area contributed by atoms with Crippen molar-refractivity contribution in [1.29, 1.82) is 0 Å². The van der Waals surface area contributed by atoms with Crippen molar-refractivity contribution in [1.82, 2.24) is 5.32 Å². The number of carbonyl (C=O) groups excluding carboxylic acids is 4. The van der Waals surface area contributed by atoms with Crippen molar-refractivity contribution in [2.75, 3.05) is 34.3 Å². The Labute approximate surface area is 231 Å². The maximum Gasteiger partial charge on any atom is 0.415 e. The van der Waals surface area contributed by atoms with Gasteiger partial charge in [0.2, 0.25) is 5.91 Å². The Hall–Kier alpha value is -3.88. The van der Waals surface area contributed by atoms with E-state index in [-0.39, 0.29) is 11.8 Å². The molecule has 1 N–H and O–H groups in total. The fourth-order valence-electron chi connectivity index (χ4n) is 4.34. The summed E-state index contributed by atoms with van der Waals surface area (Å²) >= 11 is 0. The summed E-state index contributed by atoms with van der Waals surface area (Å²) in [6, 6.07) is 14.5. The molecular formula is C30H40N4O5. The van der Waals surface area contributed by atoms with Gasteiger partial charge in [-0.05, 0) is 56.9 Å². The van der Waals surface area contributed by atoms with Gasteiger partial charge >= 0.3 is 6.09 Å². The third-order valence-corrected chi connectivity index (χ3v) is 5.87. The lowest BCUT2D eigenvalue weighted by molar-refractivity contribution is -0.133. The predicted octanol–water partition coefficient (Wildman–Crippen LogP) is 4.60. The average molecular weight is 537 g/mol. The van der Waals surface area contributed by atoms with Gasteiger partial charge in [-0.3, -0.25) is 19.3 Å². The molecule has 1 heterocycles. The Kier molecular flexibility index (Phi) is 9.37. The molecule has 0 saturated carbocycles. The first-order chi connectivity index (χ1) is 18.3. The van der Waals surface area contributed by atoms with E-state index >= 15 is 0 Å². The normalized spacial score (nSPS) is 14.4. The Morgan fingerprint density at radius 2 is 1.31 bits per heavy atom. The van der Waals surface area contributed by atoms with Gasteiger partial charge in [0.25, 0.3) is 11.8 Å². The van der Waals surface area contributed by atoms with Gasteiger partial charge in [-0.2, -0.15) is 0 Å². The highest BCUT2D eigenvalue weighted by molar-refractivity contribution is 6.21. The molecule has 4 amide bonds. The molecule has 0 spiro atoms. The van der Waals surface area contributed by atoms with Crippen molar-refractivity contribution in [3.05, 3.63) is 54.6 Å². The average Bonchev–Trinajstić information content (AvgIpc) is 2.92. The molecule has 2 aromatic carbocycles. The van der Waals surface area contributed by atoms with Crippen LogP contribution < -0.4 is 20.0 Å². The summed E-state index contributed by atoms with van der Waals surface area (Å²) in [6.45, 7) is 13.5. The van der Waals surface area contributed by atoms with Crippen LogP contribution in [0.2, 0.25) is 0 Å². The minimum absolute atomic E-state index is 0.117. The standard InChI is InChI=1S/C30H40N4O5/c1-20(2)17-33-23-15-11-12-16-24(23)34(18-21(3)4)28(37)26(27(33)36)31-25(35)19-32(22-13-9-8-10-14-22)29(38)39-30(5,6)7/h8-16,20-21,26H,17-19H2,1-7H3,(H,31,35). The van der Waals surface area contributed by atoms with E-state index in [9.17, 15) is 19.2 Å². The van der Waals surface area contributed by atoms with E-state index < -0.39 is 42.0 Å². The highest BCUT2D eigenvalue weighted by Gasteiger charge is 2.41. The number of para-hydroxylation sites is 3. The van der Waals surface area contributed by atoms with Gasteiger partial charge in [0.05, 0.1) is 11.4 Å². The Bertz CT molecular complexity index is 1140. The van der Waals surface area contributed by atoms with E-state index in [1.165, 1.54) is 4.90 Å². The first-order valence-corrected chi connectivity index (χ1v) is 13.3. The highest BCUT2D eigenvalue weighted by atomic mass is 16.6. The Morgan fingerprint density at radius 3 is 1.74 bits per heavy atom. The van der Waals surface area contributed by atoms with E-state index in [1.54, 1.807) is 60.9 Å². The molecule has 1 aliphatic heterocycles. The van der Waals surface area contributed by atoms with E-state index in [1.807, 2.05) is 52.0 Å². The van der Waals surface area contributed by atoms with Gasteiger partial charge in [0.1, 0.15) is 12.1 Å². The molecule has 0 aromatic heterocycles. The maximum atomic E-state index is 13.9. The number of nitrogens with zero attached hydrogens (tertiary/aromatic N) is 3. The molecule has 9 heteroatoms. The first kappa shape index (κ1) is 29.7. The second kappa shape index (κ2) is 12.3. The minimum atomic E-state index is -1.45. The van der Waals surface area contributed by atoms with Crippen LogP contribution in [0.25, 0.3) is 0 Å². The smallest absolute Gasteiger partial charge is 0.415 e. The minimum Gasteiger partial charge on any atom is -0.443 e. The van der Waals surface area contributed by atoms with Gasteiger partial charge in [0, 0.05) is 18.8 Å². The molecule has 1 aliphatic rings. The number of benzene rings is 2. The molecule has 9 nitrogen and oxygen atoms in total. The molecule has 0 bridgehead atoms. The van der Waals surface area contributed by atoms with Crippen LogP contribution >= 0.6 is 0 Å². The fraction of sp³-hybridized carbons (Fsp3) is 0.467. The summed E-state index contributed by atoms with van der Waals surface area (Å²) in [5, 5.41) is 2.65. The molecule has 39 heavy (non-hydrogen) atoms. The molecule has 0 fully saturated rings. The first-order valence-electron chi connectivity index (χ1n) is 13.3. The van der Waals surface area contributed by atoms with Crippen molar-refractivity contribution < 1.29 is 23.9 Å². The number of amides is 4. The predicted molar refractivity (Wildman–Crippen MR) is 153 cm³/mol. The van der Waals surface area contributed by atoms with Gasteiger partial charge in [-0.15, -0.1) is 0 Å². The number of fused-ring (bicyclic) bond motifs is 1. The topological polar surface area (TPSA) is 99.3 Å². The Balaban J connectivity index is 1.96. The summed E-state index contributed by atoms with van der Waals surface area (Å²) in [4.78, 5) is 58.5. The van der Waals surface area contributed by atoms with Crippen molar-refractivity contribution in [3.8, 4) is 0 Å². The van der Waals surface area contributed by atoms with Crippen LogP contribution in [0, 0.1) is 11.8 Å². The largest absolute Gasteiger partial charge is 0.443 e. The van der Waals surface area contributed by atoms with E-state index in [4.69, 9.17) is 4.74 Å². The molecule has 0 aliphatic carbocycles. The van der Waals surface area contributed by atoms with Crippen LogP contribution in [-0.4, -0.2) is 55.1 Å².